The number of ether oxygens (including phenoxy) is 3. The van der Waals surface area contributed by atoms with Gasteiger partial charge in [-0.1, -0.05) is 129 Å². The normalized spacial score (nSPS) is 17.2. The number of rotatable bonds is 30. The Bertz CT molecular complexity index is 676. The number of aliphatic hydroxyl groups is 1. The highest BCUT2D eigenvalue weighted by atomic mass is 16.6. The minimum Gasteiger partial charge on any atom is -0.463 e. The Morgan fingerprint density at radius 3 is 1.76 bits per heavy atom. The summed E-state index contributed by atoms with van der Waals surface area (Å²) in [6.07, 6.45) is 30.0. The summed E-state index contributed by atoms with van der Waals surface area (Å²) < 4.78 is 16.1. The first kappa shape index (κ1) is 38.6. The van der Waals surface area contributed by atoms with Crippen molar-refractivity contribution in [3.05, 3.63) is 12.2 Å². The fourth-order valence-electron chi connectivity index (χ4n) is 5.28. The van der Waals surface area contributed by atoms with Crippen molar-refractivity contribution in [2.24, 2.45) is 5.92 Å². The van der Waals surface area contributed by atoms with Crippen LogP contribution in [0.15, 0.2) is 12.2 Å². The third kappa shape index (κ3) is 25.1. The quantitative estimate of drug-likeness (QED) is 0.0386. The van der Waals surface area contributed by atoms with E-state index in [9.17, 15) is 14.7 Å². The number of carbonyl (C=O) groups excluding carboxylic acids is 2. The molecule has 0 aromatic rings. The number of epoxide rings is 1. The van der Waals surface area contributed by atoms with Gasteiger partial charge in [0.05, 0.1) is 12.2 Å². The van der Waals surface area contributed by atoms with Crippen molar-refractivity contribution in [3.8, 4) is 0 Å². The lowest BCUT2D eigenvalue weighted by molar-refractivity contribution is -0.152. The molecule has 2 unspecified atom stereocenters. The molecule has 0 saturated carbocycles. The predicted molar refractivity (Wildman–Crippen MR) is 172 cm³/mol. The molecule has 6 heteroatoms. The third-order valence-electron chi connectivity index (χ3n) is 8.10. The zero-order valence-electron chi connectivity index (χ0n) is 27.6. The number of hydrogen-bond donors (Lipinski definition) is 1. The zero-order valence-corrected chi connectivity index (χ0v) is 27.6. The van der Waals surface area contributed by atoms with Gasteiger partial charge in [0.2, 0.25) is 0 Å². The molecule has 1 rings (SSSR count). The first-order chi connectivity index (χ1) is 20.4. The lowest BCUT2D eigenvalue weighted by Gasteiger charge is -2.12. The van der Waals surface area contributed by atoms with E-state index in [0.29, 0.717) is 25.0 Å². The Morgan fingerprint density at radius 1 is 0.690 bits per heavy atom. The molecule has 0 bridgehead atoms. The van der Waals surface area contributed by atoms with Gasteiger partial charge in [-0.2, -0.15) is 0 Å². The maximum absolute atomic E-state index is 11.9. The summed E-state index contributed by atoms with van der Waals surface area (Å²) in [5, 5.41) is 9.98. The molecule has 0 aromatic carbocycles. The highest BCUT2D eigenvalue weighted by molar-refractivity contribution is 5.69. The first-order valence-electron chi connectivity index (χ1n) is 17.7. The van der Waals surface area contributed by atoms with E-state index in [0.717, 1.165) is 63.7 Å². The summed E-state index contributed by atoms with van der Waals surface area (Å²) in [6.45, 7) is 6.56. The van der Waals surface area contributed by atoms with Gasteiger partial charge in [-0.25, -0.2) is 0 Å². The molecule has 1 saturated heterocycles. The van der Waals surface area contributed by atoms with Crippen LogP contribution in [0, 0.1) is 5.92 Å². The highest BCUT2D eigenvalue weighted by Crippen LogP contribution is 2.30. The van der Waals surface area contributed by atoms with Crippen LogP contribution < -0.4 is 0 Å². The average Bonchev–Trinajstić information content (AvgIpc) is 3.72. The lowest BCUT2D eigenvalue weighted by Crippen LogP contribution is -2.25. The molecule has 0 spiro atoms. The fraction of sp³-hybridized carbons (Fsp3) is 0.889. The van der Waals surface area contributed by atoms with Gasteiger partial charge < -0.3 is 19.3 Å². The largest absolute Gasteiger partial charge is 0.463 e. The van der Waals surface area contributed by atoms with Crippen LogP contribution in [-0.2, 0) is 23.8 Å². The molecule has 0 amide bonds. The second-order valence-corrected chi connectivity index (χ2v) is 12.9. The van der Waals surface area contributed by atoms with E-state index < -0.39 is 6.10 Å². The van der Waals surface area contributed by atoms with Crippen molar-refractivity contribution in [1.82, 2.24) is 0 Å². The van der Waals surface area contributed by atoms with Gasteiger partial charge in [-0.15, -0.1) is 0 Å². The monoisotopic (exact) mass is 594 g/mol. The Kier molecular flexibility index (Phi) is 25.0. The smallest absolute Gasteiger partial charge is 0.305 e. The number of aliphatic hydroxyl groups excluding tert-OH is 1. The average molecular weight is 595 g/mol. The number of unbranched alkanes of at least 4 members (excludes halogenated alkanes) is 15. The predicted octanol–water partition coefficient (Wildman–Crippen LogP) is 9.41. The summed E-state index contributed by atoms with van der Waals surface area (Å²) in [5.41, 5.74) is 0. The minimum atomic E-state index is -0.969. The van der Waals surface area contributed by atoms with Gasteiger partial charge in [0, 0.05) is 12.8 Å². The van der Waals surface area contributed by atoms with Gasteiger partial charge >= 0.3 is 11.9 Å². The second kappa shape index (κ2) is 27.2. The lowest BCUT2D eigenvalue weighted by atomic mass is 10.0. The summed E-state index contributed by atoms with van der Waals surface area (Å²) in [6, 6.07) is 0. The van der Waals surface area contributed by atoms with Crippen LogP contribution in [0.1, 0.15) is 168 Å². The van der Waals surface area contributed by atoms with Gasteiger partial charge in [0.25, 0.3) is 0 Å². The van der Waals surface area contributed by atoms with Crippen molar-refractivity contribution in [3.63, 3.8) is 0 Å². The zero-order chi connectivity index (χ0) is 30.7. The van der Waals surface area contributed by atoms with Crippen LogP contribution in [0.25, 0.3) is 0 Å². The first-order valence-corrected chi connectivity index (χ1v) is 17.7. The molecule has 0 radical (unpaired) electrons. The summed E-state index contributed by atoms with van der Waals surface area (Å²) in [4.78, 5) is 23.9. The van der Waals surface area contributed by atoms with Crippen LogP contribution in [-0.4, -0.2) is 48.6 Å². The second-order valence-electron chi connectivity index (χ2n) is 12.9. The van der Waals surface area contributed by atoms with Crippen LogP contribution in [0.3, 0.4) is 0 Å². The van der Waals surface area contributed by atoms with Crippen molar-refractivity contribution >= 4 is 11.9 Å². The van der Waals surface area contributed by atoms with Crippen molar-refractivity contribution in [2.45, 2.75) is 187 Å². The molecule has 6 nitrogen and oxygen atoms in total. The van der Waals surface area contributed by atoms with E-state index in [1.54, 1.807) is 0 Å². The maximum atomic E-state index is 11.9. The van der Waals surface area contributed by atoms with Crippen molar-refractivity contribution in [1.29, 1.82) is 0 Å². The Labute approximate surface area is 258 Å². The standard InChI is InChI=1S/C36H66O6/c1-4-5-6-7-15-20-25-33-34(42-33)26-21-16-13-18-23-28-36(39)41-30-32(37)29-40-35(38)27-22-17-12-10-8-9-11-14-19-24-31(2)3/h15,20,31-34,37H,4-14,16-19,21-30H2,1-3H3/b20-15-/t32-,33?,34?/m1/s1. The van der Waals surface area contributed by atoms with E-state index in [2.05, 4.69) is 32.9 Å². The number of esters is 2. The molecule has 1 aliphatic heterocycles. The maximum Gasteiger partial charge on any atom is 0.305 e. The van der Waals surface area contributed by atoms with Crippen molar-refractivity contribution < 1.29 is 28.9 Å². The molecule has 0 aliphatic carbocycles. The van der Waals surface area contributed by atoms with Gasteiger partial charge in [0.15, 0.2) is 0 Å². The molecule has 1 aliphatic rings. The molecular weight excluding hydrogens is 528 g/mol. The highest BCUT2D eigenvalue weighted by Gasteiger charge is 2.36. The summed E-state index contributed by atoms with van der Waals surface area (Å²) in [5.74, 6) is 0.231. The number of hydrogen-bond acceptors (Lipinski definition) is 6. The summed E-state index contributed by atoms with van der Waals surface area (Å²) >= 11 is 0. The van der Waals surface area contributed by atoms with Crippen LogP contribution in [0.4, 0.5) is 0 Å². The van der Waals surface area contributed by atoms with Crippen LogP contribution >= 0.6 is 0 Å². The van der Waals surface area contributed by atoms with Crippen LogP contribution in [0.5, 0.6) is 0 Å². The van der Waals surface area contributed by atoms with E-state index in [1.165, 1.54) is 77.0 Å². The Morgan fingerprint density at radius 2 is 1.21 bits per heavy atom. The third-order valence-corrected chi connectivity index (χ3v) is 8.10. The van der Waals surface area contributed by atoms with Gasteiger partial charge in [-0.05, 0) is 44.4 Å². The Balaban J connectivity index is 1.84. The fourth-order valence-corrected chi connectivity index (χ4v) is 5.28. The molecular formula is C36H66O6. The van der Waals surface area contributed by atoms with Gasteiger partial charge in [0.1, 0.15) is 19.3 Å². The van der Waals surface area contributed by atoms with E-state index in [4.69, 9.17) is 14.2 Å². The molecule has 0 aromatic heterocycles. The molecule has 1 N–H and O–H groups in total. The molecule has 3 atom stereocenters. The SMILES string of the molecule is CCCCC/C=C\CC1OC1CCCCCCCC(=O)OC[C@H](O)COC(=O)CCCCCCCCCCCC(C)C. The molecule has 1 fully saturated rings. The number of carbonyl (C=O) groups is 2. The molecule has 42 heavy (non-hydrogen) atoms. The molecule has 246 valence electrons. The van der Waals surface area contributed by atoms with E-state index in [1.807, 2.05) is 0 Å². The summed E-state index contributed by atoms with van der Waals surface area (Å²) in [7, 11) is 0. The van der Waals surface area contributed by atoms with Crippen LogP contribution in [0.2, 0.25) is 0 Å². The minimum absolute atomic E-state index is 0.121. The van der Waals surface area contributed by atoms with Gasteiger partial charge in [-0.3, -0.25) is 9.59 Å². The molecule has 1 heterocycles. The van der Waals surface area contributed by atoms with E-state index in [-0.39, 0.29) is 25.2 Å². The van der Waals surface area contributed by atoms with E-state index >= 15 is 0 Å². The van der Waals surface area contributed by atoms with Crippen molar-refractivity contribution in [2.75, 3.05) is 13.2 Å². The Hall–Kier alpha value is -1.40. The topological polar surface area (TPSA) is 85.4 Å². The number of allylic oxidation sites excluding steroid dienone is 1.